The van der Waals surface area contributed by atoms with Crippen molar-refractivity contribution in [1.29, 1.82) is 0 Å². The van der Waals surface area contributed by atoms with Gasteiger partial charge >= 0.3 is 0 Å². The average Bonchev–Trinajstić information content (AvgIpc) is 3.18. The number of aromatic nitrogens is 1. The zero-order valence-electron chi connectivity index (χ0n) is 11.5. The first-order valence-corrected chi connectivity index (χ1v) is 7.52. The number of nitrogens with zero attached hydrogens (tertiary/aromatic N) is 1. The Balaban J connectivity index is 1.85. The number of carbonyl (C=O) groups is 1. The number of para-hydroxylation sites is 1. The first-order chi connectivity index (χ1) is 9.62. The molecule has 1 N–H and O–H groups in total. The van der Waals surface area contributed by atoms with Gasteiger partial charge in [0.2, 0.25) is 5.91 Å². The number of benzene rings is 1. The minimum absolute atomic E-state index is 0.0762. The van der Waals surface area contributed by atoms with Crippen LogP contribution in [0, 0.1) is 12.3 Å². The van der Waals surface area contributed by atoms with Gasteiger partial charge in [-0.3, -0.25) is 9.78 Å². The predicted molar refractivity (Wildman–Crippen MR) is 85.2 cm³/mol. The summed E-state index contributed by atoms with van der Waals surface area (Å²) >= 11 is 4.35. The molecule has 1 aromatic carbocycles. The lowest BCUT2D eigenvalue weighted by atomic mass is 10.0. The number of pyridine rings is 1. The minimum Gasteiger partial charge on any atom is -0.325 e. The van der Waals surface area contributed by atoms with Gasteiger partial charge in [-0.2, -0.15) is 12.6 Å². The number of anilines is 1. The number of thiol groups is 1. The van der Waals surface area contributed by atoms with Crippen LogP contribution in [0.1, 0.15) is 25.0 Å². The van der Waals surface area contributed by atoms with Gasteiger partial charge in [-0.25, -0.2) is 0 Å². The molecular weight excluding hydrogens is 268 g/mol. The van der Waals surface area contributed by atoms with Crippen molar-refractivity contribution in [2.45, 2.75) is 26.2 Å². The maximum atomic E-state index is 12.2. The monoisotopic (exact) mass is 286 g/mol. The average molecular weight is 286 g/mol. The van der Waals surface area contributed by atoms with Gasteiger partial charge in [0, 0.05) is 17.5 Å². The minimum atomic E-state index is 0.0762. The lowest BCUT2D eigenvalue weighted by Gasteiger charge is -2.13. The van der Waals surface area contributed by atoms with E-state index in [-0.39, 0.29) is 11.3 Å². The molecule has 0 radical (unpaired) electrons. The summed E-state index contributed by atoms with van der Waals surface area (Å²) in [7, 11) is 0. The Labute approximate surface area is 124 Å². The molecule has 0 unspecified atom stereocenters. The van der Waals surface area contributed by atoms with Crippen molar-refractivity contribution in [1.82, 2.24) is 4.98 Å². The number of hydrogen-bond acceptors (Lipinski definition) is 3. The lowest BCUT2D eigenvalue weighted by Crippen LogP contribution is -2.18. The van der Waals surface area contributed by atoms with E-state index >= 15 is 0 Å². The van der Waals surface area contributed by atoms with E-state index in [0.717, 1.165) is 40.9 Å². The maximum Gasteiger partial charge on any atom is 0.224 e. The van der Waals surface area contributed by atoms with Crippen molar-refractivity contribution in [3.05, 3.63) is 36.0 Å². The van der Waals surface area contributed by atoms with E-state index in [4.69, 9.17) is 0 Å². The second-order valence-corrected chi connectivity index (χ2v) is 6.03. The summed E-state index contributed by atoms with van der Waals surface area (Å²) in [5, 5.41) is 4.03. The van der Waals surface area contributed by atoms with Gasteiger partial charge in [0.05, 0.1) is 11.2 Å². The highest BCUT2D eigenvalue weighted by atomic mass is 32.1. The van der Waals surface area contributed by atoms with Gasteiger partial charge in [-0.05, 0) is 43.1 Å². The number of nitrogens with one attached hydrogen (secondary N) is 1. The summed E-state index contributed by atoms with van der Waals surface area (Å²) in [5.74, 6) is 0.864. The smallest absolute Gasteiger partial charge is 0.224 e. The molecule has 1 fully saturated rings. The van der Waals surface area contributed by atoms with E-state index in [1.54, 1.807) is 0 Å². The quantitative estimate of drug-likeness (QED) is 0.844. The molecule has 1 aromatic heterocycles. The summed E-state index contributed by atoms with van der Waals surface area (Å²) in [6.07, 6.45) is 2.78. The van der Waals surface area contributed by atoms with Crippen molar-refractivity contribution in [2.24, 2.45) is 5.41 Å². The van der Waals surface area contributed by atoms with Gasteiger partial charge in [-0.15, -0.1) is 0 Å². The van der Waals surface area contributed by atoms with Crippen LogP contribution >= 0.6 is 12.6 Å². The second kappa shape index (κ2) is 5.09. The predicted octanol–water partition coefficient (Wildman–Crippen LogP) is 3.58. The number of aryl methyl sites for hydroxylation is 1. The highest BCUT2D eigenvalue weighted by molar-refractivity contribution is 7.80. The van der Waals surface area contributed by atoms with Gasteiger partial charge in [0.15, 0.2) is 0 Å². The van der Waals surface area contributed by atoms with E-state index in [1.807, 2.05) is 37.3 Å². The highest BCUT2D eigenvalue weighted by Gasteiger charge is 2.42. The van der Waals surface area contributed by atoms with E-state index in [9.17, 15) is 4.79 Å². The molecule has 1 aliphatic rings. The van der Waals surface area contributed by atoms with Gasteiger partial charge in [0.1, 0.15) is 0 Å². The molecule has 2 aromatic rings. The molecule has 0 aliphatic heterocycles. The fourth-order valence-electron chi connectivity index (χ4n) is 2.51. The zero-order valence-corrected chi connectivity index (χ0v) is 12.4. The van der Waals surface area contributed by atoms with Crippen LogP contribution in [0.25, 0.3) is 10.9 Å². The number of rotatable bonds is 4. The van der Waals surface area contributed by atoms with Crippen LogP contribution in [0.3, 0.4) is 0 Å². The molecule has 1 aliphatic carbocycles. The lowest BCUT2D eigenvalue weighted by molar-refractivity contribution is -0.117. The molecule has 3 rings (SSSR count). The molecule has 0 saturated heterocycles. The normalized spacial score (nSPS) is 16.1. The van der Waals surface area contributed by atoms with Crippen molar-refractivity contribution in [3.63, 3.8) is 0 Å². The first-order valence-electron chi connectivity index (χ1n) is 6.89. The third-order valence-electron chi connectivity index (χ3n) is 3.95. The Kier molecular flexibility index (Phi) is 3.42. The highest BCUT2D eigenvalue weighted by Crippen LogP contribution is 2.49. The van der Waals surface area contributed by atoms with E-state index in [0.29, 0.717) is 6.42 Å². The van der Waals surface area contributed by atoms with Crippen molar-refractivity contribution in [2.75, 3.05) is 11.1 Å². The molecule has 1 saturated carbocycles. The summed E-state index contributed by atoms with van der Waals surface area (Å²) in [4.78, 5) is 16.7. The molecule has 104 valence electrons. The van der Waals surface area contributed by atoms with Crippen molar-refractivity contribution in [3.8, 4) is 0 Å². The van der Waals surface area contributed by atoms with Crippen LogP contribution in [-0.2, 0) is 4.79 Å². The molecular formula is C16H18N2OS. The Morgan fingerprint density at radius 1 is 1.40 bits per heavy atom. The molecule has 20 heavy (non-hydrogen) atoms. The zero-order chi connectivity index (χ0) is 14.2. The Bertz CT molecular complexity index is 665. The molecule has 1 amide bonds. The summed E-state index contributed by atoms with van der Waals surface area (Å²) in [6.45, 7) is 1.94. The fraction of sp³-hybridized carbons (Fsp3) is 0.375. The van der Waals surface area contributed by atoms with Crippen molar-refractivity contribution >= 4 is 35.1 Å². The SMILES string of the molecule is Cc1cc(NC(=O)CC2(CS)CC2)c2ccccc2n1. The number of fused-ring (bicyclic) bond motifs is 1. The van der Waals surface area contributed by atoms with E-state index < -0.39 is 0 Å². The second-order valence-electron chi connectivity index (χ2n) is 5.71. The summed E-state index contributed by atoms with van der Waals surface area (Å²) in [6, 6.07) is 9.81. The van der Waals surface area contributed by atoms with Crippen molar-refractivity contribution < 1.29 is 4.79 Å². The Morgan fingerprint density at radius 2 is 2.15 bits per heavy atom. The number of hydrogen-bond donors (Lipinski definition) is 2. The van der Waals surface area contributed by atoms with Gasteiger partial charge in [0.25, 0.3) is 0 Å². The van der Waals surface area contributed by atoms with Gasteiger partial charge in [-0.1, -0.05) is 18.2 Å². The third kappa shape index (κ3) is 2.66. The standard InChI is InChI=1S/C16H18N2OS/c1-11-8-14(12-4-2-3-5-13(12)17-11)18-15(19)9-16(10-20)6-7-16/h2-5,8,20H,6-7,9-10H2,1H3,(H,17,18,19). The number of amides is 1. The molecule has 0 bridgehead atoms. The van der Waals surface area contributed by atoms with E-state index in [2.05, 4.69) is 22.9 Å². The van der Waals surface area contributed by atoms with Crippen LogP contribution in [-0.4, -0.2) is 16.6 Å². The molecule has 0 spiro atoms. The van der Waals surface area contributed by atoms with Crippen LogP contribution in [0.5, 0.6) is 0 Å². The van der Waals surface area contributed by atoms with Crippen LogP contribution in [0.15, 0.2) is 30.3 Å². The third-order valence-corrected chi connectivity index (χ3v) is 4.62. The number of carbonyl (C=O) groups excluding carboxylic acids is 1. The first kappa shape index (κ1) is 13.4. The molecule has 0 atom stereocenters. The summed E-state index contributed by atoms with van der Waals surface area (Å²) < 4.78 is 0. The van der Waals surface area contributed by atoms with E-state index in [1.165, 1.54) is 0 Å². The van der Waals surface area contributed by atoms with Gasteiger partial charge < -0.3 is 5.32 Å². The molecule has 4 heteroatoms. The molecule has 3 nitrogen and oxygen atoms in total. The topological polar surface area (TPSA) is 42.0 Å². The largest absolute Gasteiger partial charge is 0.325 e. The molecule has 1 heterocycles. The Morgan fingerprint density at radius 3 is 2.85 bits per heavy atom. The summed E-state index contributed by atoms with van der Waals surface area (Å²) in [5.41, 5.74) is 2.82. The Hall–Kier alpha value is -1.55. The fourth-order valence-corrected chi connectivity index (χ4v) is 2.94. The maximum absolute atomic E-state index is 12.2. The van der Waals surface area contributed by atoms with Crippen LogP contribution < -0.4 is 5.32 Å². The van der Waals surface area contributed by atoms with Crippen LogP contribution in [0.4, 0.5) is 5.69 Å². The van der Waals surface area contributed by atoms with Crippen LogP contribution in [0.2, 0.25) is 0 Å².